The Bertz CT molecular complexity index is 240. The molecule has 0 spiro atoms. The molecule has 0 aliphatic heterocycles. The summed E-state index contributed by atoms with van der Waals surface area (Å²) in [5.74, 6) is -4.63. The number of alkyl halides is 4. The first-order valence-electron chi connectivity index (χ1n) is 2.41. The minimum Gasteiger partial charge on any atom is -0.726 e. The van der Waals surface area contributed by atoms with Crippen molar-refractivity contribution in [3.63, 3.8) is 0 Å². The third-order valence-corrected chi connectivity index (χ3v) is 1.12. The predicted molar refractivity (Wildman–Crippen MR) is 26.6 cm³/mol. The molecule has 0 aromatic carbocycles. The van der Waals surface area contributed by atoms with Crippen molar-refractivity contribution < 1.29 is 64.3 Å². The Hall–Kier alpha value is 0.590. The quantitative estimate of drug-likeness (QED) is 0.231. The van der Waals surface area contributed by atoms with Gasteiger partial charge in [-0.15, -0.1) is 0 Å². The van der Waals surface area contributed by atoms with Crippen molar-refractivity contribution in [2.24, 2.45) is 0 Å². The fraction of sp³-hybridized carbons (Fsp3) is 1.00. The fourth-order valence-electron chi connectivity index (χ4n) is 0.214. The molecule has 0 aliphatic carbocycles. The summed E-state index contributed by atoms with van der Waals surface area (Å²) in [4.78, 5) is 0. The fourth-order valence-corrected chi connectivity index (χ4v) is 0.515. The minimum absolute atomic E-state index is 0. The van der Waals surface area contributed by atoms with Crippen LogP contribution in [-0.2, 0) is 14.6 Å². The van der Waals surface area contributed by atoms with E-state index < -0.39 is 29.4 Å². The molecule has 0 aliphatic rings. The first kappa shape index (κ1) is 16.0. The largest absolute Gasteiger partial charge is 1.00 e. The van der Waals surface area contributed by atoms with Crippen LogP contribution in [0.25, 0.3) is 0 Å². The van der Waals surface area contributed by atoms with Crippen molar-refractivity contribution in [3.05, 3.63) is 0 Å². The molecule has 0 amide bonds. The van der Waals surface area contributed by atoms with Gasteiger partial charge in [-0.3, -0.25) is 4.18 Å². The Morgan fingerprint density at radius 1 is 1.38 bits per heavy atom. The van der Waals surface area contributed by atoms with E-state index in [1.54, 1.807) is 0 Å². The molecule has 4 nitrogen and oxygen atoms in total. The van der Waals surface area contributed by atoms with Crippen LogP contribution in [0.2, 0.25) is 0 Å². The van der Waals surface area contributed by atoms with Gasteiger partial charge in [0.1, 0.15) is 6.61 Å². The zero-order chi connectivity index (χ0) is 9.99. The van der Waals surface area contributed by atoms with E-state index in [1.165, 1.54) is 0 Å². The van der Waals surface area contributed by atoms with E-state index in [9.17, 15) is 30.5 Å². The van der Waals surface area contributed by atoms with Crippen molar-refractivity contribution in [1.82, 2.24) is 0 Å². The Morgan fingerprint density at radius 3 is 2.00 bits per heavy atom. The predicted octanol–water partition coefficient (Wildman–Crippen LogP) is -2.63. The topological polar surface area (TPSA) is 66.4 Å². The number of rotatable bonds is 4. The average Bonchev–Trinajstić information content (AvgIpc) is 1.82. The molecule has 0 bridgehead atoms. The molecule has 0 unspecified atom stereocenters. The molecule has 0 atom stereocenters. The molecule has 0 heterocycles. The van der Waals surface area contributed by atoms with Gasteiger partial charge in [0.25, 0.3) is 0 Å². The first-order valence-corrected chi connectivity index (χ1v) is 3.75. The van der Waals surface area contributed by atoms with Crippen LogP contribution < -0.4 is 29.6 Å². The van der Waals surface area contributed by atoms with Gasteiger partial charge in [0.2, 0.25) is 10.4 Å². The van der Waals surface area contributed by atoms with Crippen LogP contribution >= 0.6 is 0 Å². The van der Waals surface area contributed by atoms with Crippen LogP contribution in [0, 0.1) is 0 Å². The van der Waals surface area contributed by atoms with Gasteiger partial charge in [-0.2, -0.15) is 8.78 Å². The van der Waals surface area contributed by atoms with Crippen LogP contribution in [0.5, 0.6) is 0 Å². The molecule has 0 N–H and O–H groups in total. The van der Waals surface area contributed by atoms with E-state index in [2.05, 4.69) is 4.18 Å². The first-order chi connectivity index (χ1) is 5.15. The molecule has 10 heteroatoms. The Morgan fingerprint density at radius 2 is 1.77 bits per heavy atom. The van der Waals surface area contributed by atoms with E-state index in [0.29, 0.717) is 0 Å². The van der Waals surface area contributed by atoms with E-state index in [4.69, 9.17) is 0 Å². The summed E-state index contributed by atoms with van der Waals surface area (Å²) in [5.41, 5.74) is 0. The van der Waals surface area contributed by atoms with Crippen LogP contribution in [-0.4, -0.2) is 31.9 Å². The smallest absolute Gasteiger partial charge is 0.726 e. The summed E-state index contributed by atoms with van der Waals surface area (Å²) in [6.07, 6.45) is -4.07. The van der Waals surface area contributed by atoms with Crippen molar-refractivity contribution in [2.75, 3.05) is 6.61 Å². The monoisotopic (exact) mass is 234 g/mol. The Balaban J connectivity index is 0. The molecule has 0 aromatic heterocycles. The van der Waals surface area contributed by atoms with Gasteiger partial charge < -0.3 is 4.55 Å². The number of halogens is 4. The summed E-state index contributed by atoms with van der Waals surface area (Å²) < 4.78 is 77.7. The molecule has 0 radical (unpaired) electrons. The summed E-state index contributed by atoms with van der Waals surface area (Å²) in [7, 11) is -5.35. The zero-order valence-electron chi connectivity index (χ0n) is 6.34. The summed E-state index contributed by atoms with van der Waals surface area (Å²) in [5, 5.41) is 0. The zero-order valence-corrected chi connectivity index (χ0v) is 9.15. The Kier molecular flexibility index (Phi) is 6.74. The molecule has 0 saturated carbocycles. The van der Waals surface area contributed by atoms with Crippen LogP contribution in [0.15, 0.2) is 0 Å². The third kappa shape index (κ3) is 7.65. The second-order valence-corrected chi connectivity index (χ2v) is 2.78. The van der Waals surface area contributed by atoms with Gasteiger partial charge in [0.05, 0.1) is 0 Å². The second kappa shape index (κ2) is 5.47. The van der Waals surface area contributed by atoms with E-state index >= 15 is 0 Å². The molecular weight excluding hydrogens is 231 g/mol. The van der Waals surface area contributed by atoms with Gasteiger partial charge in [0.15, 0.2) is 0 Å². The third-order valence-electron chi connectivity index (χ3n) is 0.715. The average molecular weight is 234 g/mol. The second-order valence-electron chi connectivity index (χ2n) is 1.73. The van der Waals surface area contributed by atoms with Gasteiger partial charge >= 0.3 is 41.9 Å². The normalized spacial score (nSPS) is 12.8. The van der Waals surface area contributed by atoms with E-state index in [0.717, 1.165) is 0 Å². The van der Waals surface area contributed by atoms with Crippen LogP contribution in [0.3, 0.4) is 0 Å². The molecule has 74 valence electrons. The van der Waals surface area contributed by atoms with Gasteiger partial charge in [0, 0.05) is 0 Å². The summed E-state index contributed by atoms with van der Waals surface area (Å²) >= 11 is 0. The van der Waals surface area contributed by atoms with Crippen molar-refractivity contribution in [2.45, 2.75) is 12.3 Å². The maximum atomic E-state index is 11.8. The van der Waals surface area contributed by atoms with Gasteiger partial charge in [-0.25, -0.2) is 17.2 Å². The van der Waals surface area contributed by atoms with Crippen molar-refractivity contribution in [3.8, 4) is 0 Å². The van der Waals surface area contributed by atoms with E-state index in [-0.39, 0.29) is 29.6 Å². The van der Waals surface area contributed by atoms with Gasteiger partial charge in [-0.1, -0.05) is 0 Å². The minimum atomic E-state index is -5.35. The van der Waals surface area contributed by atoms with Crippen molar-refractivity contribution >= 4 is 10.4 Å². The molecule has 0 fully saturated rings. The van der Waals surface area contributed by atoms with Crippen LogP contribution in [0.1, 0.15) is 0 Å². The molecule has 13 heavy (non-hydrogen) atoms. The molecular formula is C3H3F4NaO4S. The standard InChI is InChI=1S/C3H4F4O4S.Na/c4-2(5)3(6,7)1-11-12(8,9)10;/h2H,1H2,(H,8,9,10);/q;+1/p-1. The summed E-state index contributed by atoms with van der Waals surface area (Å²) in [6, 6.07) is 0. The molecule has 0 saturated heterocycles. The maximum absolute atomic E-state index is 11.8. The van der Waals surface area contributed by atoms with Gasteiger partial charge in [-0.05, 0) is 0 Å². The van der Waals surface area contributed by atoms with Crippen LogP contribution in [0.4, 0.5) is 17.6 Å². The number of hydrogen-bond acceptors (Lipinski definition) is 4. The summed E-state index contributed by atoms with van der Waals surface area (Å²) in [6.45, 7) is -2.14. The molecule has 0 rings (SSSR count). The SMILES string of the molecule is O=S(=O)([O-])OCC(F)(F)C(F)F.[Na+]. The maximum Gasteiger partial charge on any atom is 1.00 e. The van der Waals surface area contributed by atoms with E-state index in [1.807, 2.05) is 0 Å². The van der Waals surface area contributed by atoms with Crippen molar-refractivity contribution in [1.29, 1.82) is 0 Å². The Labute approximate surface area is 93.5 Å². The number of hydrogen-bond donors (Lipinski definition) is 0. The molecule has 0 aromatic rings.